The van der Waals surface area contributed by atoms with Crippen molar-refractivity contribution in [1.29, 1.82) is 0 Å². The second-order valence-corrected chi connectivity index (χ2v) is 22.1. The van der Waals surface area contributed by atoms with E-state index in [1.165, 1.54) is 78.2 Å². The number of rotatable bonds is 5. The number of carbonyl (C=O) groups is 1. The van der Waals surface area contributed by atoms with Crippen LogP contribution in [0.4, 0.5) is 0 Å². The first kappa shape index (κ1) is 50.8. The molecule has 0 bridgehead atoms. The molecule has 0 radical (unpaired) electrons. The van der Waals surface area contributed by atoms with Crippen molar-refractivity contribution >= 4 is 143 Å². The van der Waals surface area contributed by atoms with Gasteiger partial charge in [0.2, 0.25) is 0 Å². The van der Waals surface area contributed by atoms with Crippen LogP contribution in [0.25, 0.3) is 153 Å². The van der Waals surface area contributed by atoms with Gasteiger partial charge in [0.1, 0.15) is 39.6 Å². The Morgan fingerprint density at radius 2 is 0.940 bits per heavy atom. The predicted octanol–water partition coefficient (Wildman–Crippen LogP) is 21.6. The summed E-state index contributed by atoms with van der Waals surface area (Å²) < 4.78 is 35.3. The number of halogens is 1. The van der Waals surface area contributed by atoms with Gasteiger partial charge in [0.05, 0.1) is 57.6 Å². The molecule has 0 saturated carbocycles. The van der Waals surface area contributed by atoms with Crippen molar-refractivity contribution in [3.63, 3.8) is 0 Å². The SMILES string of the molecule is C.COc1ccc(Cl)c2c1c1cc(-c3ccccc3)ccc1n2-c1ccc2cc3c(cc2c1)oc1cc(C)ccc13.COc1ccc2c3cc4cc5c(cc4cc3n3c4ccc(-c6ccccc6)cc4c1c23)oc1cc(C)ccc15.[2H]CC(C)=O. The van der Waals surface area contributed by atoms with Crippen LogP contribution in [-0.4, -0.2) is 29.0 Å². The van der Waals surface area contributed by atoms with Gasteiger partial charge < -0.3 is 32.1 Å². The smallest absolute Gasteiger partial charge is 0.136 e. The molecular formula is C76H57ClN2O5. The molecule has 17 aromatic rings. The molecule has 5 heterocycles. The number of carbonyl (C=O) groups excluding carboxylic acids is 1. The number of ketones is 1. The lowest BCUT2D eigenvalue weighted by Crippen LogP contribution is -1.95. The highest BCUT2D eigenvalue weighted by Gasteiger charge is 2.23. The van der Waals surface area contributed by atoms with Gasteiger partial charge in [-0.1, -0.05) is 122 Å². The second kappa shape index (κ2) is 20.1. The minimum atomic E-state index is -0.0833. The van der Waals surface area contributed by atoms with Gasteiger partial charge in [0, 0.05) is 50.1 Å². The fraction of sp³-hybridized carbons (Fsp3) is 0.0921. The van der Waals surface area contributed by atoms with E-state index in [1.54, 1.807) is 14.2 Å². The van der Waals surface area contributed by atoms with Gasteiger partial charge >= 0.3 is 0 Å². The van der Waals surface area contributed by atoms with E-state index in [-0.39, 0.29) is 20.1 Å². The average Bonchev–Trinajstić information content (AvgIpc) is 1.62. The standard InChI is InChI=1S/C36H24ClNO2.C36H23NO2.C3H6O.CH4/c1-21-8-12-27-28-18-24-9-11-26(17-25(24)20-34(28)40-33(27)16-21)38-31-14-10-23(22-6-4-3-5-7-22)19-29(31)35-32(39-2)15-13-30(37)36(35)38;1-20-8-10-25-28-17-23-16-27-26-11-13-32(38-2)35-29-15-22(21-6-4-3-5-7-21)9-12-30(29)37(36(26)35)31(27)18-24(23)19-34(28)39-33(25)14-20;1-3(2)4;/h3-20H,1-2H3;3-19H,1-2H3;1-2H3;1H4/i;;1D;. The van der Waals surface area contributed by atoms with Crippen molar-refractivity contribution in [2.75, 3.05) is 14.2 Å². The van der Waals surface area contributed by atoms with E-state index in [1.807, 2.05) is 18.2 Å². The number of hydrogen-bond donors (Lipinski definition) is 0. The van der Waals surface area contributed by atoms with Crippen LogP contribution in [0.15, 0.2) is 221 Å². The minimum absolute atomic E-state index is 0. The zero-order valence-corrected chi connectivity index (χ0v) is 47.0. The number of ether oxygens (including phenoxy) is 2. The molecule has 0 atom stereocenters. The molecule has 0 unspecified atom stereocenters. The fourth-order valence-corrected chi connectivity index (χ4v) is 13.0. The monoisotopic (exact) mass is 1110 g/mol. The number of aryl methyl sites for hydroxylation is 2. The highest BCUT2D eigenvalue weighted by Crippen LogP contribution is 2.47. The number of methoxy groups -OCH3 is 2. The van der Waals surface area contributed by atoms with E-state index in [0.29, 0.717) is 5.02 Å². The summed E-state index contributed by atoms with van der Waals surface area (Å²) in [6, 6.07) is 75.5. The van der Waals surface area contributed by atoms with Crippen LogP contribution in [0.1, 0.15) is 33.7 Å². The van der Waals surface area contributed by atoms with Crippen LogP contribution in [0.2, 0.25) is 5.02 Å². The lowest BCUT2D eigenvalue weighted by atomic mass is 10.00. The van der Waals surface area contributed by atoms with Gasteiger partial charge in [-0.25, -0.2) is 0 Å². The molecule has 0 aliphatic rings. The van der Waals surface area contributed by atoms with E-state index in [4.69, 9.17) is 31.3 Å². The van der Waals surface area contributed by atoms with Gasteiger partial charge in [-0.2, -0.15) is 0 Å². The summed E-state index contributed by atoms with van der Waals surface area (Å²) in [5, 5.41) is 16.9. The Kier molecular flexibility index (Phi) is 12.2. The van der Waals surface area contributed by atoms with Crippen molar-refractivity contribution in [3.8, 4) is 39.4 Å². The van der Waals surface area contributed by atoms with Crippen molar-refractivity contribution in [3.05, 3.63) is 228 Å². The Morgan fingerprint density at radius 1 is 0.440 bits per heavy atom. The largest absolute Gasteiger partial charge is 0.496 e. The van der Waals surface area contributed by atoms with E-state index in [0.717, 1.165) is 105 Å². The molecule has 7 nitrogen and oxygen atoms in total. The molecular weight excluding hydrogens is 1060 g/mol. The summed E-state index contributed by atoms with van der Waals surface area (Å²) in [7, 11) is 3.47. The average molecular weight is 1110 g/mol. The van der Waals surface area contributed by atoms with Crippen LogP contribution >= 0.6 is 11.6 Å². The van der Waals surface area contributed by atoms with E-state index in [9.17, 15) is 4.79 Å². The number of nitrogens with zero attached hydrogens (tertiary/aromatic N) is 2. The van der Waals surface area contributed by atoms with E-state index >= 15 is 0 Å². The number of benzene rings is 12. The molecule has 0 amide bonds. The first-order valence-corrected chi connectivity index (χ1v) is 28.1. The summed E-state index contributed by atoms with van der Waals surface area (Å²) >= 11 is 6.93. The highest BCUT2D eigenvalue weighted by atomic mass is 35.5. The van der Waals surface area contributed by atoms with Gasteiger partial charge in [-0.3, -0.25) is 0 Å². The Morgan fingerprint density at radius 3 is 1.54 bits per heavy atom. The van der Waals surface area contributed by atoms with Crippen molar-refractivity contribution in [2.45, 2.75) is 35.1 Å². The lowest BCUT2D eigenvalue weighted by molar-refractivity contribution is -0.115. The number of hydrogen-bond acceptors (Lipinski definition) is 5. The van der Waals surface area contributed by atoms with Gasteiger partial charge in [0.15, 0.2) is 0 Å². The Bertz CT molecular complexity index is 5520. The Labute approximate surface area is 490 Å². The van der Waals surface area contributed by atoms with Gasteiger partial charge in [-0.15, -0.1) is 0 Å². The van der Waals surface area contributed by atoms with Crippen molar-refractivity contribution in [2.24, 2.45) is 0 Å². The lowest BCUT2D eigenvalue weighted by Gasteiger charge is -2.11. The second-order valence-electron chi connectivity index (χ2n) is 21.7. The number of aromatic nitrogens is 2. The molecule has 17 rings (SSSR count). The molecule has 0 aliphatic heterocycles. The molecule has 84 heavy (non-hydrogen) atoms. The highest BCUT2D eigenvalue weighted by molar-refractivity contribution is 6.37. The Balaban J connectivity index is 0.000000138. The van der Waals surface area contributed by atoms with Crippen LogP contribution in [0.3, 0.4) is 0 Å². The zero-order valence-electron chi connectivity index (χ0n) is 47.2. The predicted molar refractivity (Wildman–Crippen MR) is 353 cm³/mol. The van der Waals surface area contributed by atoms with Crippen LogP contribution in [-0.2, 0) is 4.79 Å². The minimum Gasteiger partial charge on any atom is -0.496 e. The van der Waals surface area contributed by atoms with Crippen LogP contribution < -0.4 is 9.47 Å². The van der Waals surface area contributed by atoms with Crippen LogP contribution in [0, 0.1) is 13.8 Å². The molecule has 8 heteroatoms. The van der Waals surface area contributed by atoms with E-state index < -0.39 is 0 Å². The maximum absolute atomic E-state index is 9.62. The number of Topliss-reactive ketones (excluding diaryl/α,β-unsaturated/α-hetero) is 1. The maximum atomic E-state index is 9.62. The normalized spacial score (nSPS) is 11.9. The zero-order chi connectivity index (χ0) is 57.1. The topological polar surface area (TPSA) is 71.2 Å². The number of fused-ring (bicyclic) bond motifs is 17. The van der Waals surface area contributed by atoms with Gasteiger partial charge in [0.25, 0.3) is 0 Å². The van der Waals surface area contributed by atoms with Crippen LogP contribution in [0.5, 0.6) is 11.5 Å². The quantitative estimate of drug-likeness (QED) is 0.172. The Hall–Kier alpha value is -10.1. The molecule has 0 saturated heterocycles. The molecule has 0 spiro atoms. The third-order valence-corrected chi connectivity index (χ3v) is 16.7. The van der Waals surface area contributed by atoms with E-state index in [2.05, 4.69) is 217 Å². The molecule has 0 N–H and O–H groups in total. The summed E-state index contributed by atoms with van der Waals surface area (Å²) in [5.74, 6) is 1.62. The summed E-state index contributed by atoms with van der Waals surface area (Å²) in [6.45, 7) is 5.50. The summed E-state index contributed by atoms with van der Waals surface area (Å²) in [6.07, 6.45) is 0. The first-order valence-electron chi connectivity index (χ1n) is 28.4. The molecule has 0 aliphatic carbocycles. The van der Waals surface area contributed by atoms with Crippen molar-refractivity contribution in [1.82, 2.24) is 8.97 Å². The molecule has 5 aromatic heterocycles. The number of furan rings is 2. The third-order valence-electron chi connectivity index (χ3n) is 16.4. The maximum Gasteiger partial charge on any atom is 0.136 e. The third kappa shape index (κ3) is 8.29. The first-order chi connectivity index (χ1) is 41.0. The summed E-state index contributed by atoms with van der Waals surface area (Å²) in [4.78, 5) is 9.62. The summed E-state index contributed by atoms with van der Waals surface area (Å²) in [5.41, 5.74) is 17.4. The van der Waals surface area contributed by atoms with Crippen molar-refractivity contribution < 1.29 is 24.5 Å². The molecule has 408 valence electrons. The molecule has 0 fully saturated rings. The fourth-order valence-electron chi connectivity index (χ4n) is 12.7. The van der Waals surface area contributed by atoms with Gasteiger partial charge in [-0.05, 0) is 192 Å². The molecule has 12 aromatic carbocycles.